The van der Waals surface area contributed by atoms with E-state index in [1.165, 1.54) is 0 Å². The number of hydrogen-bond acceptors (Lipinski definition) is 5. The maximum atomic E-state index is 12.4. The zero-order valence-electron chi connectivity index (χ0n) is 15.0. The first-order chi connectivity index (χ1) is 13.7. The summed E-state index contributed by atoms with van der Waals surface area (Å²) in [4.78, 5) is 16.4. The molecule has 28 heavy (non-hydrogen) atoms. The quantitative estimate of drug-likeness (QED) is 0.526. The van der Waals surface area contributed by atoms with Crippen molar-refractivity contribution < 1.29 is 4.79 Å². The number of pyridine rings is 1. The molecule has 4 aromatic rings. The Morgan fingerprint density at radius 3 is 2.50 bits per heavy atom. The van der Waals surface area contributed by atoms with E-state index in [1.807, 2.05) is 42.6 Å². The highest BCUT2D eigenvalue weighted by Crippen LogP contribution is 2.18. The fourth-order valence-electron chi connectivity index (χ4n) is 2.78. The minimum absolute atomic E-state index is 0.204. The third kappa shape index (κ3) is 3.88. The van der Waals surface area contributed by atoms with Crippen molar-refractivity contribution in [3.63, 3.8) is 0 Å². The van der Waals surface area contributed by atoms with E-state index in [-0.39, 0.29) is 5.91 Å². The van der Waals surface area contributed by atoms with Crippen molar-refractivity contribution in [3.8, 4) is 11.3 Å². The van der Waals surface area contributed by atoms with Crippen molar-refractivity contribution in [2.75, 3.05) is 11.1 Å². The van der Waals surface area contributed by atoms with Gasteiger partial charge in [0.15, 0.2) is 0 Å². The molecule has 7 heteroatoms. The highest BCUT2D eigenvalue weighted by Gasteiger charge is 2.09. The van der Waals surface area contributed by atoms with Crippen LogP contribution in [0.4, 0.5) is 11.4 Å². The summed E-state index contributed by atoms with van der Waals surface area (Å²) in [6.07, 6.45) is 5.33. The molecule has 7 nitrogen and oxygen atoms in total. The van der Waals surface area contributed by atoms with Gasteiger partial charge in [0.05, 0.1) is 24.1 Å². The lowest BCUT2D eigenvalue weighted by molar-refractivity contribution is 0.102. The smallest absolute Gasteiger partial charge is 0.255 e. The van der Waals surface area contributed by atoms with Gasteiger partial charge in [-0.3, -0.25) is 9.78 Å². The number of carbonyl (C=O) groups excluding carboxylic acids is 1. The molecule has 0 fully saturated rings. The second-order valence-electron chi connectivity index (χ2n) is 6.28. The number of nitrogens with zero attached hydrogens (tertiary/aromatic N) is 4. The topological polar surface area (TPSA) is 98.7 Å². The number of amides is 1. The molecule has 0 aliphatic heterocycles. The van der Waals surface area contributed by atoms with Gasteiger partial charge in [0.2, 0.25) is 0 Å². The summed E-state index contributed by atoms with van der Waals surface area (Å²) in [7, 11) is 0. The number of nitrogen functional groups attached to an aromatic ring is 1. The number of hydrogen-bond donors (Lipinski definition) is 2. The van der Waals surface area contributed by atoms with Gasteiger partial charge in [0, 0.05) is 23.5 Å². The third-order valence-electron chi connectivity index (χ3n) is 4.28. The van der Waals surface area contributed by atoms with Crippen LogP contribution in [0.5, 0.6) is 0 Å². The zero-order valence-corrected chi connectivity index (χ0v) is 15.0. The van der Waals surface area contributed by atoms with E-state index < -0.39 is 0 Å². The first kappa shape index (κ1) is 17.4. The van der Waals surface area contributed by atoms with Crippen molar-refractivity contribution in [1.82, 2.24) is 20.0 Å². The number of anilines is 2. The fraction of sp³-hybridized carbons (Fsp3) is 0.0476. The van der Waals surface area contributed by atoms with Crippen LogP contribution < -0.4 is 11.1 Å². The van der Waals surface area contributed by atoms with Crippen LogP contribution in [-0.4, -0.2) is 25.9 Å². The number of aromatic nitrogens is 4. The number of nitrogens with one attached hydrogen (secondary N) is 1. The number of carbonyl (C=O) groups is 1. The SMILES string of the molecule is Nc1ccccc1NC(=O)c1ccc(Cn2cc(-c3ccncc3)nn2)cc1. The van der Waals surface area contributed by atoms with E-state index in [0.717, 1.165) is 16.8 Å². The van der Waals surface area contributed by atoms with E-state index in [1.54, 1.807) is 41.3 Å². The summed E-state index contributed by atoms with van der Waals surface area (Å²) in [5, 5.41) is 11.2. The van der Waals surface area contributed by atoms with E-state index in [0.29, 0.717) is 23.5 Å². The van der Waals surface area contributed by atoms with Crippen molar-refractivity contribution >= 4 is 17.3 Å². The maximum absolute atomic E-state index is 12.4. The molecule has 0 unspecified atom stereocenters. The van der Waals surface area contributed by atoms with Gasteiger partial charge in [-0.15, -0.1) is 5.10 Å². The van der Waals surface area contributed by atoms with Crippen LogP contribution in [0.1, 0.15) is 15.9 Å². The summed E-state index contributed by atoms with van der Waals surface area (Å²) in [5.41, 5.74) is 10.3. The molecule has 2 aromatic carbocycles. The predicted octanol–water partition coefficient (Wildman–Crippen LogP) is 3.22. The van der Waals surface area contributed by atoms with Crippen LogP contribution in [0.25, 0.3) is 11.3 Å². The summed E-state index contributed by atoms with van der Waals surface area (Å²) < 4.78 is 1.76. The van der Waals surface area contributed by atoms with Crippen LogP contribution in [0.2, 0.25) is 0 Å². The second-order valence-corrected chi connectivity index (χ2v) is 6.28. The van der Waals surface area contributed by atoms with Crippen LogP contribution in [0, 0.1) is 0 Å². The number of para-hydroxylation sites is 2. The number of rotatable bonds is 5. The molecule has 0 bridgehead atoms. The minimum Gasteiger partial charge on any atom is -0.397 e. The lowest BCUT2D eigenvalue weighted by Crippen LogP contribution is -2.13. The Kier molecular flexibility index (Phi) is 4.79. The third-order valence-corrected chi connectivity index (χ3v) is 4.28. The van der Waals surface area contributed by atoms with Crippen LogP contribution in [0.15, 0.2) is 79.3 Å². The lowest BCUT2D eigenvalue weighted by Gasteiger charge is -2.08. The molecule has 2 aromatic heterocycles. The largest absolute Gasteiger partial charge is 0.397 e. The van der Waals surface area contributed by atoms with Crippen molar-refractivity contribution in [1.29, 1.82) is 0 Å². The monoisotopic (exact) mass is 370 g/mol. The Bertz CT molecular complexity index is 1090. The van der Waals surface area contributed by atoms with Crippen molar-refractivity contribution in [2.24, 2.45) is 0 Å². The Hall–Kier alpha value is -4.00. The molecule has 4 rings (SSSR count). The summed E-state index contributed by atoms with van der Waals surface area (Å²) in [5.74, 6) is -0.204. The Labute approximate surface area is 161 Å². The minimum atomic E-state index is -0.204. The highest BCUT2D eigenvalue weighted by atomic mass is 16.1. The van der Waals surface area contributed by atoms with E-state index >= 15 is 0 Å². The summed E-state index contributed by atoms with van der Waals surface area (Å²) in [6, 6.07) is 18.3. The molecular weight excluding hydrogens is 352 g/mol. The molecule has 0 radical (unpaired) electrons. The average Bonchev–Trinajstić information content (AvgIpc) is 3.19. The van der Waals surface area contributed by atoms with E-state index in [9.17, 15) is 4.79 Å². The molecule has 0 saturated carbocycles. The van der Waals surface area contributed by atoms with E-state index in [2.05, 4.69) is 20.6 Å². The first-order valence-corrected chi connectivity index (χ1v) is 8.74. The fourth-order valence-corrected chi connectivity index (χ4v) is 2.78. The van der Waals surface area contributed by atoms with Crippen LogP contribution >= 0.6 is 0 Å². The standard InChI is InChI=1S/C21H18N6O/c22-18-3-1-2-4-19(18)24-21(28)17-7-5-15(6-8-17)13-27-14-20(25-26-27)16-9-11-23-12-10-16/h1-12,14H,13,22H2,(H,24,28). The molecule has 2 heterocycles. The molecule has 3 N–H and O–H groups in total. The van der Waals surface area contributed by atoms with E-state index in [4.69, 9.17) is 5.73 Å². The normalized spacial score (nSPS) is 10.6. The number of nitrogens with two attached hydrogens (primary N) is 1. The van der Waals surface area contributed by atoms with Gasteiger partial charge in [-0.2, -0.15) is 0 Å². The number of benzene rings is 2. The van der Waals surface area contributed by atoms with Gasteiger partial charge in [-0.1, -0.05) is 29.5 Å². The molecule has 0 atom stereocenters. The maximum Gasteiger partial charge on any atom is 0.255 e. The molecule has 138 valence electrons. The average molecular weight is 370 g/mol. The van der Waals surface area contributed by atoms with Gasteiger partial charge in [-0.05, 0) is 42.0 Å². The second kappa shape index (κ2) is 7.71. The zero-order chi connectivity index (χ0) is 19.3. The molecule has 0 spiro atoms. The summed E-state index contributed by atoms with van der Waals surface area (Å²) in [6.45, 7) is 0.561. The first-order valence-electron chi connectivity index (χ1n) is 8.74. The summed E-state index contributed by atoms with van der Waals surface area (Å²) >= 11 is 0. The van der Waals surface area contributed by atoms with Gasteiger partial charge in [-0.25, -0.2) is 4.68 Å². The highest BCUT2D eigenvalue weighted by molar-refractivity contribution is 6.05. The Morgan fingerprint density at radius 2 is 1.75 bits per heavy atom. The Balaban J connectivity index is 1.43. The molecule has 0 aliphatic carbocycles. The lowest BCUT2D eigenvalue weighted by atomic mass is 10.1. The van der Waals surface area contributed by atoms with Crippen LogP contribution in [0.3, 0.4) is 0 Å². The molecule has 0 aliphatic rings. The van der Waals surface area contributed by atoms with Crippen LogP contribution in [-0.2, 0) is 6.54 Å². The van der Waals surface area contributed by atoms with Gasteiger partial charge in [0.1, 0.15) is 5.69 Å². The van der Waals surface area contributed by atoms with Crippen molar-refractivity contribution in [3.05, 3.63) is 90.4 Å². The van der Waals surface area contributed by atoms with Crippen molar-refractivity contribution in [2.45, 2.75) is 6.54 Å². The van der Waals surface area contributed by atoms with Gasteiger partial charge in [0.25, 0.3) is 5.91 Å². The van der Waals surface area contributed by atoms with Gasteiger partial charge < -0.3 is 11.1 Å². The predicted molar refractivity (Wildman–Crippen MR) is 108 cm³/mol. The van der Waals surface area contributed by atoms with Gasteiger partial charge >= 0.3 is 0 Å². The molecule has 0 saturated heterocycles. The molecule has 1 amide bonds. The molecular formula is C21H18N6O. The Morgan fingerprint density at radius 1 is 1.00 bits per heavy atom.